The average molecular weight is 493 g/mol. The van der Waals surface area contributed by atoms with Crippen molar-refractivity contribution in [2.75, 3.05) is 19.0 Å². The minimum atomic E-state index is -4.44. The molecule has 0 fully saturated rings. The first kappa shape index (κ1) is 23.7. The minimum Gasteiger partial charge on any atom is -0.494 e. The van der Waals surface area contributed by atoms with Gasteiger partial charge in [0.1, 0.15) is 22.8 Å². The Bertz CT molecular complexity index is 1300. The Hall–Kier alpha value is -3.47. The highest BCUT2D eigenvalue weighted by Crippen LogP contribution is 2.24. The van der Waals surface area contributed by atoms with E-state index in [0.29, 0.717) is 46.4 Å². The smallest absolute Gasteiger partial charge is 0.422 e. The Morgan fingerprint density at radius 3 is 2.35 bits per heavy atom. The van der Waals surface area contributed by atoms with Crippen molar-refractivity contribution in [1.29, 1.82) is 0 Å². The molecule has 0 radical (unpaired) electrons. The molecule has 0 saturated carbocycles. The summed E-state index contributed by atoms with van der Waals surface area (Å²) in [6.45, 7) is -1.01. The van der Waals surface area contributed by atoms with Gasteiger partial charge in [-0.3, -0.25) is 9.36 Å². The van der Waals surface area contributed by atoms with Crippen LogP contribution in [0.5, 0.6) is 11.5 Å². The number of H-pyrrole nitrogens is 1. The summed E-state index contributed by atoms with van der Waals surface area (Å²) in [6.07, 6.45) is -2.20. The second-order valence-electron chi connectivity index (χ2n) is 7.18. The molecule has 1 N–H and O–H groups in total. The summed E-state index contributed by atoms with van der Waals surface area (Å²) in [5, 5.41) is 0.433. The second kappa shape index (κ2) is 10.2. The van der Waals surface area contributed by atoms with Crippen LogP contribution in [0.1, 0.15) is 6.42 Å². The topological polar surface area (TPSA) is 69.1 Å². The van der Waals surface area contributed by atoms with Gasteiger partial charge in [-0.05, 0) is 61.0 Å². The molecule has 0 amide bonds. The van der Waals surface area contributed by atoms with E-state index in [9.17, 15) is 22.4 Å². The number of ether oxygens (including phenoxy) is 2. The fourth-order valence-corrected chi connectivity index (χ4v) is 4.03. The predicted molar refractivity (Wildman–Crippen MR) is 120 cm³/mol. The molecule has 11 heteroatoms. The normalized spacial score (nSPS) is 11.6. The van der Waals surface area contributed by atoms with Crippen molar-refractivity contribution in [2.24, 2.45) is 0 Å². The Balaban J connectivity index is 1.48. The summed E-state index contributed by atoms with van der Waals surface area (Å²) >= 11 is 1.35. The van der Waals surface area contributed by atoms with Gasteiger partial charge in [0.25, 0.3) is 5.56 Å². The van der Waals surface area contributed by atoms with Crippen LogP contribution < -0.4 is 15.0 Å². The molecular weight excluding hydrogens is 474 g/mol. The molecule has 0 aliphatic carbocycles. The van der Waals surface area contributed by atoms with Gasteiger partial charge < -0.3 is 14.5 Å². The average Bonchev–Trinajstić information content (AvgIpc) is 3.28. The van der Waals surface area contributed by atoms with Crippen LogP contribution in [0.15, 0.2) is 70.7 Å². The molecule has 0 spiro atoms. The summed E-state index contributed by atoms with van der Waals surface area (Å²) in [4.78, 5) is 20.5. The van der Waals surface area contributed by atoms with Gasteiger partial charge in [0.15, 0.2) is 11.8 Å². The first-order valence-electron chi connectivity index (χ1n) is 10.2. The lowest BCUT2D eigenvalue weighted by Crippen LogP contribution is -2.22. The molecule has 0 atom stereocenters. The van der Waals surface area contributed by atoms with Crippen molar-refractivity contribution in [1.82, 2.24) is 14.5 Å². The molecule has 4 rings (SSSR count). The van der Waals surface area contributed by atoms with Crippen LogP contribution in [0.2, 0.25) is 0 Å². The highest BCUT2D eigenvalue weighted by molar-refractivity contribution is 7.99. The number of hydrogen-bond acceptors (Lipinski definition) is 5. The van der Waals surface area contributed by atoms with Crippen LogP contribution in [0, 0.1) is 5.82 Å². The van der Waals surface area contributed by atoms with E-state index in [0.717, 1.165) is 0 Å². The molecule has 6 nitrogen and oxygen atoms in total. The van der Waals surface area contributed by atoms with Gasteiger partial charge >= 0.3 is 6.18 Å². The molecule has 2 aromatic heterocycles. The van der Waals surface area contributed by atoms with E-state index < -0.39 is 12.8 Å². The highest BCUT2D eigenvalue weighted by atomic mass is 32.2. The molecule has 0 bridgehead atoms. The van der Waals surface area contributed by atoms with Crippen molar-refractivity contribution >= 4 is 22.8 Å². The largest absolute Gasteiger partial charge is 0.494 e. The standard InChI is InChI=1S/C23H19F4N3O3S/c24-15-2-6-17(7-3-15)32-12-1-13-34-22-29-19-10-11-28-20(19)21(31)30(22)16-4-8-18(9-5-16)33-14-23(25,26)27/h2-11,28H,1,12-14H2. The van der Waals surface area contributed by atoms with E-state index in [2.05, 4.69) is 9.97 Å². The van der Waals surface area contributed by atoms with Crippen LogP contribution in [0.25, 0.3) is 16.7 Å². The number of aromatic nitrogens is 3. The quantitative estimate of drug-likeness (QED) is 0.147. The summed E-state index contributed by atoms with van der Waals surface area (Å²) in [5.41, 5.74) is 0.945. The van der Waals surface area contributed by atoms with Gasteiger partial charge in [-0.15, -0.1) is 0 Å². The van der Waals surface area contributed by atoms with Gasteiger partial charge in [-0.1, -0.05) is 11.8 Å². The maximum atomic E-state index is 13.1. The molecule has 0 aliphatic heterocycles. The lowest BCUT2D eigenvalue weighted by molar-refractivity contribution is -0.153. The third-order valence-corrected chi connectivity index (χ3v) is 5.67. The van der Waals surface area contributed by atoms with Crippen molar-refractivity contribution in [3.63, 3.8) is 0 Å². The number of aromatic amines is 1. The highest BCUT2D eigenvalue weighted by Gasteiger charge is 2.28. The number of fused-ring (bicyclic) bond motifs is 1. The Kier molecular flexibility index (Phi) is 7.11. The monoisotopic (exact) mass is 493 g/mol. The van der Waals surface area contributed by atoms with Crippen LogP contribution in [-0.2, 0) is 0 Å². The zero-order valence-electron chi connectivity index (χ0n) is 17.6. The molecule has 2 heterocycles. The van der Waals surface area contributed by atoms with Crippen LogP contribution in [0.3, 0.4) is 0 Å². The summed E-state index contributed by atoms with van der Waals surface area (Å²) in [5.74, 6) is 0.835. The molecule has 4 aromatic rings. The lowest BCUT2D eigenvalue weighted by Gasteiger charge is -2.13. The lowest BCUT2D eigenvalue weighted by atomic mass is 10.3. The SMILES string of the molecule is O=c1c2[nH]ccc2nc(SCCCOc2ccc(F)cc2)n1-c1ccc(OCC(F)(F)F)cc1. The Morgan fingerprint density at radius 1 is 0.971 bits per heavy atom. The van der Waals surface area contributed by atoms with E-state index in [4.69, 9.17) is 9.47 Å². The third-order valence-electron chi connectivity index (χ3n) is 4.65. The number of halogens is 4. The molecule has 178 valence electrons. The zero-order chi connectivity index (χ0) is 24.1. The van der Waals surface area contributed by atoms with Gasteiger partial charge in [0.05, 0.1) is 17.8 Å². The molecule has 2 aromatic carbocycles. The molecule has 0 saturated heterocycles. The zero-order valence-corrected chi connectivity index (χ0v) is 18.5. The third kappa shape index (κ3) is 5.90. The number of nitrogens with zero attached hydrogens (tertiary/aromatic N) is 2. The Labute approximate surface area is 195 Å². The first-order chi connectivity index (χ1) is 16.3. The van der Waals surface area contributed by atoms with E-state index in [1.807, 2.05) is 0 Å². The van der Waals surface area contributed by atoms with Crippen molar-refractivity contribution in [2.45, 2.75) is 17.8 Å². The second-order valence-corrected chi connectivity index (χ2v) is 8.24. The van der Waals surface area contributed by atoms with E-state index in [-0.39, 0.29) is 17.1 Å². The van der Waals surface area contributed by atoms with Gasteiger partial charge in [-0.25, -0.2) is 9.37 Å². The number of alkyl halides is 3. The number of benzene rings is 2. The fraction of sp³-hybridized carbons (Fsp3) is 0.217. The van der Waals surface area contributed by atoms with Crippen molar-refractivity contribution in [3.05, 3.63) is 77.0 Å². The number of rotatable bonds is 9. The van der Waals surface area contributed by atoms with Crippen LogP contribution in [-0.4, -0.2) is 39.7 Å². The van der Waals surface area contributed by atoms with Gasteiger partial charge in [0, 0.05) is 11.9 Å². The molecule has 0 unspecified atom stereocenters. The summed E-state index contributed by atoms with van der Waals surface area (Å²) in [6, 6.07) is 13.2. The molecular formula is C23H19F4N3O3S. The van der Waals surface area contributed by atoms with Crippen LogP contribution in [0.4, 0.5) is 17.6 Å². The van der Waals surface area contributed by atoms with Gasteiger partial charge in [0.2, 0.25) is 0 Å². The molecule has 0 aliphatic rings. The van der Waals surface area contributed by atoms with Crippen LogP contribution >= 0.6 is 11.8 Å². The number of thioether (sulfide) groups is 1. The van der Waals surface area contributed by atoms with E-state index in [1.54, 1.807) is 24.4 Å². The number of hydrogen-bond donors (Lipinski definition) is 1. The summed E-state index contributed by atoms with van der Waals surface area (Å²) < 4.78 is 61.9. The number of nitrogens with one attached hydrogen (secondary N) is 1. The van der Waals surface area contributed by atoms with E-state index >= 15 is 0 Å². The maximum Gasteiger partial charge on any atom is 0.422 e. The summed E-state index contributed by atoms with van der Waals surface area (Å²) in [7, 11) is 0. The maximum absolute atomic E-state index is 13.1. The predicted octanol–water partition coefficient (Wildman–Crippen LogP) is 5.36. The Morgan fingerprint density at radius 2 is 1.65 bits per heavy atom. The first-order valence-corrected chi connectivity index (χ1v) is 11.2. The van der Waals surface area contributed by atoms with Crippen molar-refractivity contribution in [3.8, 4) is 17.2 Å². The minimum absolute atomic E-state index is 0.0372. The van der Waals surface area contributed by atoms with Gasteiger partial charge in [-0.2, -0.15) is 13.2 Å². The van der Waals surface area contributed by atoms with Crippen molar-refractivity contribution < 1.29 is 27.0 Å². The fourth-order valence-electron chi connectivity index (χ4n) is 3.10. The molecule has 34 heavy (non-hydrogen) atoms. The van der Waals surface area contributed by atoms with E-state index in [1.165, 1.54) is 52.7 Å².